The van der Waals surface area contributed by atoms with Crippen LogP contribution in [0.25, 0.3) is 0 Å². The van der Waals surface area contributed by atoms with Crippen LogP contribution in [0.5, 0.6) is 17.2 Å². The van der Waals surface area contributed by atoms with Gasteiger partial charge in [0.1, 0.15) is 0 Å². The number of benzene rings is 1. The van der Waals surface area contributed by atoms with Gasteiger partial charge in [0.2, 0.25) is 11.7 Å². The standard InChI is InChI=1S/C18H24N2O5/c1-23-14-7-12(8-15(24-2)16(14)25-3)18(22)20-9-11-5-4-6-13(10-20)19-17(11)21/h7-8,11,13H,4-6,9-10H2,1-3H3,(H,19,21)/t11-,13+/m1/s1. The van der Waals surface area contributed by atoms with Crippen LogP contribution >= 0.6 is 0 Å². The van der Waals surface area contributed by atoms with E-state index < -0.39 is 0 Å². The highest BCUT2D eigenvalue weighted by Crippen LogP contribution is 2.38. The Labute approximate surface area is 147 Å². The van der Waals surface area contributed by atoms with Gasteiger partial charge >= 0.3 is 0 Å². The number of ether oxygens (including phenoxy) is 3. The quantitative estimate of drug-likeness (QED) is 0.891. The molecule has 2 saturated heterocycles. The number of carbonyl (C=O) groups excluding carboxylic acids is 2. The number of rotatable bonds is 4. The van der Waals surface area contributed by atoms with Gasteiger partial charge in [-0.05, 0) is 25.0 Å². The first-order chi connectivity index (χ1) is 12.1. The Morgan fingerprint density at radius 1 is 1.08 bits per heavy atom. The van der Waals surface area contributed by atoms with Crippen molar-refractivity contribution in [1.29, 1.82) is 0 Å². The molecule has 2 fully saturated rings. The van der Waals surface area contributed by atoms with Crippen LogP contribution in [0.2, 0.25) is 0 Å². The number of carbonyl (C=O) groups is 2. The second-order valence-electron chi connectivity index (χ2n) is 6.46. The molecule has 2 heterocycles. The van der Waals surface area contributed by atoms with Gasteiger partial charge in [-0.25, -0.2) is 0 Å². The maximum atomic E-state index is 13.1. The van der Waals surface area contributed by atoms with Gasteiger partial charge < -0.3 is 24.4 Å². The molecule has 3 rings (SSSR count). The van der Waals surface area contributed by atoms with Crippen molar-refractivity contribution >= 4 is 11.8 Å². The predicted octanol–water partition coefficient (Wildman–Crippen LogP) is 1.45. The van der Waals surface area contributed by atoms with E-state index in [1.54, 1.807) is 17.0 Å². The molecular weight excluding hydrogens is 324 g/mol. The minimum atomic E-state index is -0.140. The van der Waals surface area contributed by atoms with Crippen LogP contribution in [0, 0.1) is 5.92 Å². The molecule has 0 saturated carbocycles. The highest BCUT2D eigenvalue weighted by atomic mass is 16.5. The molecule has 7 nitrogen and oxygen atoms in total. The van der Waals surface area contributed by atoms with Gasteiger partial charge in [-0.15, -0.1) is 0 Å². The SMILES string of the molecule is COc1cc(C(=O)N2C[C@@H]3CCC[C@H](C2)C(=O)N3)cc(OC)c1OC. The highest BCUT2D eigenvalue weighted by molar-refractivity contribution is 5.96. The summed E-state index contributed by atoms with van der Waals surface area (Å²) in [5, 5.41) is 3.04. The molecule has 1 aromatic rings. The molecule has 1 N–H and O–H groups in total. The molecule has 136 valence electrons. The molecule has 25 heavy (non-hydrogen) atoms. The average molecular weight is 348 g/mol. The van der Waals surface area contributed by atoms with Crippen molar-refractivity contribution < 1.29 is 23.8 Å². The van der Waals surface area contributed by atoms with Gasteiger partial charge in [-0.3, -0.25) is 9.59 Å². The minimum Gasteiger partial charge on any atom is -0.493 e. The van der Waals surface area contributed by atoms with Gasteiger partial charge in [0.25, 0.3) is 5.91 Å². The second-order valence-corrected chi connectivity index (χ2v) is 6.46. The summed E-state index contributed by atoms with van der Waals surface area (Å²) in [5.74, 6) is 1.11. The smallest absolute Gasteiger partial charge is 0.254 e. The molecule has 0 unspecified atom stereocenters. The minimum absolute atomic E-state index is 0.0194. The first kappa shape index (κ1) is 17.4. The number of fused-ring (bicyclic) bond motifs is 3. The van der Waals surface area contributed by atoms with Gasteiger partial charge in [0.05, 0.1) is 27.2 Å². The molecule has 7 heteroatoms. The molecule has 1 aromatic carbocycles. The van der Waals surface area contributed by atoms with Crippen LogP contribution in [0.3, 0.4) is 0 Å². The van der Waals surface area contributed by atoms with Gasteiger partial charge in [0, 0.05) is 24.7 Å². The lowest BCUT2D eigenvalue weighted by molar-refractivity contribution is -0.124. The number of likely N-dealkylation sites (tertiary alicyclic amines) is 1. The summed E-state index contributed by atoms with van der Waals surface area (Å²) in [6.45, 7) is 0.968. The van der Waals surface area contributed by atoms with E-state index in [1.165, 1.54) is 21.3 Å². The first-order valence-electron chi connectivity index (χ1n) is 8.47. The molecule has 0 aromatic heterocycles. The topological polar surface area (TPSA) is 77.1 Å². The van der Waals surface area contributed by atoms with Gasteiger partial charge in [-0.2, -0.15) is 0 Å². The monoisotopic (exact) mass is 348 g/mol. The van der Waals surface area contributed by atoms with Gasteiger partial charge in [-0.1, -0.05) is 6.42 Å². The van der Waals surface area contributed by atoms with Gasteiger partial charge in [0.15, 0.2) is 11.5 Å². The highest BCUT2D eigenvalue weighted by Gasteiger charge is 2.35. The van der Waals surface area contributed by atoms with Crippen LogP contribution in [0.15, 0.2) is 12.1 Å². The zero-order chi connectivity index (χ0) is 18.0. The summed E-state index contributed by atoms with van der Waals surface area (Å²) in [6, 6.07) is 3.32. The third-order valence-electron chi connectivity index (χ3n) is 4.90. The second kappa shape index (κ2) is 7.21. The molecule has 2 amide bonds. The first-order valence-corrected chi connectivity index (χ1v) is 8.47. The lowest BCUT2D eigenvalue weighted by atomic mass is 9.98. The van der Waals surface area contributed by atoms with E-state index in [9.17, 15) is 9.59 Å². The third kappa shape index (κ3) is 3.36. The van der Waals surface area contributed by atoms with E-state index in [4.69, 9.17) is 14.2 Å². The predicted molar refractivity (Wildman–Crippen MR) is 91.3 cm³/mol. The summed E-state index contributed by atoms with van der Waals surface area (Å²) in [7, 11) is 4.56. The Bertz CT molecular complexity index is 650. The lowest BCUT2D eigenvalue weighted by Gasteiger charge is -2.28. The average Bonchev–Trinajstić information content (AvgIpc) is 2.88. The summed E-state index contributed by atoms with van der Waals surface area (Å²) < 4.78 is 16.0. The molecule has 2 bridgehead atoms. The fraction of sp³-hybridized carbons (Fsp3) is 0.556. The van der Waals surface area contributed by atoms with Crippen molar-refractivity contribution in [3.63, 3.8) is 0 Å². The third-order valence-corrected chi connectivity index (χ3v) is 4.90. The number of hydrogen-bond donors (Lipinski definition) is 1. The van der Waals surface area contributed by atoms with E-state index in [0.717, 1.165) is 19.3 Å². The van der Waals surface area contributed by atoms with Crippen molar-refractivity contribution in [2.45, 2.75) is 25.3 Å². The van der Waals surface area contributed by atoms with Crippen LogP contribution in [-0.4, -0.2) is 57.2 Å². The van der Waals surface area contributed by atoms with Crippen LogP contribution in [0.4, 0.5) is 0 Å². The fourth-order valence-corrected chi connectivity index (χ4v) is 3.60. The van der Waals surface area contributed by atoms with E-state index in [2.05, 4.69) is 5.32 Å². The zero-order valence-electron chi connectivity index (χ0n) is 14.8. The number of nitrogens with zero attached hydrogens (tertiary/aromatic N) is 1. The number of hydrogen-bond acceptors (Lipinski definition) is 5. The van der Waals surface area contributed by atoms with Crippen LogP contribution < -0.4 is 19.5 Å². The Hall–Kier alpha value is -2.44. The molecule has 0 spiro atoms. The summed E-state index contributed by atoms with van der Waals surface area (Å²) >= 11 is 0. The maximum Gasteiger partial charge on any atom is 0.254 e. The molecule has 2 aliphatic rings. The fourth-order valence-electron chi connectivity index (χ4n) is 3.60. The Morgan fingerprint density at radius 3 is 2.36 bits per heavy atom. The molecular formula is C18H24N2O5. The number of nitrogens with one attached hydrogen (secondary N) is 1. The Kier molecular flexibility index (Phi) is 5.01. The Balaban J connectivity index is 1.91. The van der Waals surface area contributed by atoms with E-state index in [0.29, 0.717) is 35.9 Å². The van der Waals surface area contributed by atoms with Crippen molar-refractivity contribution in [3.8, 4) is 17.2 Å². The molecule has 0 aliphatic carbocycles. The number of amides is 2. The van der Waals surface area contributed by atoms with Crippen molar-refractivity contribution in [1.82, 2.24) is 10.2 Å². The van der Waals surface area contributed by atoms with Crippen LogP contribution in [-0.2, 0) is 4.79 Å². The summed E-state index contributed by atoms with van der Waals surface area (Å²) in [4.78, 5) is 27.0. The molecule has 2 aliphatic heterocycles. The maximum absolute atomic E-state index is 13.1. The largest absolute Gasteiger partial charge is 0.493 e. The summed E-state index contributed by atoms with van der Waals surface area (Å²) in [5.41, 5.74) is 0.460. The number of methoxy groups -OCH3 is 3. The van der Waals surface area contributed by atoms with E-state index in [-0.39, 0.29) is 23.8 Å². The van der Waals surface area contributed by atoms with Crippen molar-refractivity contribution in [2.75, 3.05) is 34.4 Å². The molecule has 2 atom stereocenters. The van der Waals surface area contributed by atoms with E-state index >= 15 is 0 Å². The van der Waals surface area contributed by atoms with Crippen molar-refractivity contribution in [2.24, 2.45) is 5.92 Å². The van der Waals surface area contributed by atoms with E-state index in [1.807, 2.05) is 0 Å². The normalized spacial score (nSPS) is 22.7. The zero-order valence-corrected chi connectivity index (χ0v) is 14.8. The van der Waals surface area contributed by atoms with Crippen LogP contribution in [0.1, 0.15) is 29.6 Å². The molecule has 0 radical (unpaired) electrons. The van der Waals surface area contributed by atoms with Crippen molar-refractivity contribution in [3.05, 3.63) is 17.7 Å². The summed E-state index contributed by atoms with van der Waals surface area (Å²) in [6.07, 6.45) is 2.74. The Morgan fingerprint density at radius 2 is 1.76 bits per heavy atom. The lowest BCUT2D eigenvalue weighted by Crippen LogP contribution is -2.41.